The molecule has 0 saturated heterocycles. The lowest BCUT2D eigenvalue weighted by molar-refractivity contribution is -0.117. The van der Waals surface area contributed by atoms with Gasteiger partial charge in [-0.05, 0) is 23.5 Å². The summed E-state index contributed by atoms with van der Waals surface area (Å²) in [4.78, 5) is 36.3. The number of hydrogen-bond acceptors (Lipinski definition) is 3. The molecule has 1 atom stereocenters. The average molecular weight is 369 g/mol. The van der Waals surface area contributed by atoms with E-state index < -0.39 is 11.2 Å². The fraction of sp³-hybridized carbons (Fsp3) is 0.381. The molecule has 2 aromatic rings. The van der Waals surface area contributed by atoms with Gasteiger partial charge in [-0.15, -0.1) is 0 Å². The first-order chi connectivity index (χ1) is 12.6. The van der Waals surface area contributed by atoms with Crippen molar-refractivity contribution in [3.05, 3.63) is 74.6 Å². The van der Waals surface area contributed by atoms with E-state index in [9.17, 15) is 14.4 Å². The maximum atomic E-state index is 12.5. The zero-order chi connectivity index (χ0) is 20.2. The standard InChI is InChI=1S/C21H27N3O3/c1-21(2,3)13-17(15-9-7-6-8-10-15)22-18(25)12-11-16-14-23(4)20(27)24(5)19(16)26/h6-12,14,17H,13H2,1-5H3,(H,22,25)/b12-11+/t17-/m1/s1. The van der Waals surface area contributed by atoms with Gasteiger partial charge in [0, 0.05) is 26.4 Å². The lowest BCUT2D eigenvalue weighted by Crippen LogP contribution is -2.37. The maximum absolute atomic E-state index is 12.5. The Morgan fingerprint density at radius 2 is 1.78 bits per heavy atom. The van der Waals surface area contributed by atoms with E-state index in [2.05, 4.69) is 26.1 Å². The minimum Gasteiger partial charge on any atom is -0.346 e. The smallest absolute Gasteiger partial charge is 0.330 e. The monoisotopic (exact) mass is 369 g/mol. The van der Waals surface area contributed by atoms with E-state index in [1.807, 2.05) is 30.3 Å². The number of carbonyl (C=O) groups excluding carboxylic acids is 1. The number of carbonyl (C=O) groups is 1. The molecule has 27 heavy (non-hydrogen) atoms. The average Bonchev–Trinajstić information content (AvgIpc) is 2.61. The molecular formula is C21H27N3O3. The van der Waals surface area contributed by atoms with Crippen LogP contribution in [0, 0.1) is 5.41 Å². The van der Waals surface area contributed by atoms with Crippen LogP contribution in [0.25, 0.3) is 6.08 Å². The molecule has 1 amide bonds. The van der Waals surface area contributed by atoms with Gasteiger partial charge >= 0.3 is 5.69 Å². The molecule has 1 N–H and O–H groups in total. The second kappa shape index (κ2) is 8.20. The van der Waals surface area contributed by atoms with E-state index in [0.717, 1.165) is 16.6 Å². The van der Waals surface area contributed by atoms with Crippen LogP contribution in [-0.4, -0.2) is 15.0 Å². The van der Waals surface area contributed by atoms with Crippen molar-refractivity contribution < 1.29 is 4.79 Å². The number of benzene rings is 1. The summed E-state index contributed by atoms with van der Waals surface area (Å²) in [5.41, 5.74) is 0.506. The Bertz CT molecular complexity index is 947. The number of hydrogen-bond donors (Lipinski definition) is 1. The van der Waals surface area contributed by atoms with Gasteiger partial charge in [-0.2, -0.15) is 0 Å². The largest absolute Gasteiger partial charge is 0.346 e. The number of aryl methyl sites for hydroxylation is 1. The molecule has 6 nitrogen and oxygen atoms in total. The van der Waals surface area contributed by atoms with Crippen molar-refractivity contribution >= 4 is 12.0 Å². The first kappa shape index (κ1) is 20.4. The third-order valence-electron chi connectivity index (χ3n) is 4.22. The summed E-state index contributed by atoms with van der Waals surface area (Å²) >= 11 is 0. The molecule has 0 bridgehead atoms. The molecule has 0 saturated carbocycles. The second-order valence-corrected chi connectivity index (χ2v) is 7.91. The zero-order valence-electron chi connectivity index (χ0n) is 16.5. The van der Waals surface area contributed by atoms with Crippen LogP contribution in [0.4, 0.5) is 0 Å². The molecule has 144 valence electrons. The normalized spacial score (nSPS) is 12.9. The summed E-state index contributed by atoms with van der Waals surface area (Å²) in [6, 6.07) is 9.68. The van der Waals surface area contributed by atoms with Crippen molar-refractivity contribution in [2.45, 2.75) is 33.2 Å². The Balaban J connectivity index is 2.22. The summed E-state index contributed by atoms with van der Waals surface area (Å²) in [6.07, 6.45) is 4.98. The molecule has 6 heteroatoms. The molecule has 1 aromatic heterocycles. The number of rotatable bonds is 5. The first-order valence-electron chi connectivity index (χ1n) is 8.89. The van der Waals surface area contributed by atoms with Crippen molar-refractivity contribution in [2.24, 2.45) is 19.5 Å². The summed E-state index contributed by atoms with van der Waals surface area (Å²) in [5, 5.41) is 3.02. The van der Waals surface area contributed by atoms with Gasteiger partial charge in [0.2, 0.25) is 5.91 Å². The van der Waals surface area contributed by atoms with Crippen molar-refractivity contribution in [2.75, 3.05) is 0 Å². The number of aromatic nitrogens is 2. The topological polar surface area (TPSA) is 73.1 Å². The molecule has 2 rings (SSSR count). The Morgan fingerprint density at radius 1 is 1.15 bits per heavy atom. The van der Waals surface area contributed by atoms with Crippen molar-refractivity contribution in [3.8, 4) is 0 Å². The third-order valence-corrected chi connectivity index (χ3v) is 4.22. The third kappa shape index (κ3) is 5.54. The van der Waals surface area contributed by atoms with E-state index in [4.69, 9.17) is 0 Å². The summed E-state index contributed by atoms with van der Waals surface area (Å²) in [5.74, 6) is -0.288. The highest BCUT2D eigenvalue weighted by atomic mass is 16.2. The van der Waals surface area contributed by atoms with Crippen LogP contribution in [0.2, 0.25) is 0 Å². The lowest BCUT2D eigenvalue weighted by Gasteiger charge is -2.27. The number of nitrogens with zero attached hydrogens (tertiary/aromatic N) is 2. The van der Waals surface area contributed by atoms with Gasteiger partial charge < -0.3 is 9.88 Å². The van der Waals surface area contributed by atoms with E-state index in [1.54, 1.807) is 7.05 Å². The van der Waals surface area contributed by atoms with Crippen LogP contribution in [0.15, 0.2) is 52.2 Å². The highest BCUT2D eigenvalue weighted by molar-refractivity contribution is 5.91. The van der Waals surface area contributed by atoms with E-state index in [0.29, 0.717) is 0 Å². The quantitative estimate of drug-likeness (QED) is 0.823. The fourth-order valence-electron chi connectivity index (χ4n) is 2.89. The molecule has 0 aliphatic rings. The van der Waals surface area contributed by atoms with Crippen molar-refractivity contribution in [3.63, 3.8) is 0 Å². The fourth-order valence-corrected chi connectivity index (χ4v) is 2.89. The molecule has 1 aromatic carbocycles. The summed E-state index contributed by atoms with van der Waals surface area (Å²) in [7, 11) is 2.98. The number of nitrogens with one attached hydrogen (secondary N) is 1. The maximum Gasteiger partial charge on any atom is 0.330 e. The van der Waals surface area contributed by atoms with Crippen molar-refractivity contribution in [1.82, 2.24) is 14.5 Å². The molecule has 0 spiro atoms. The highest BCUT2D eigenvalue weighted by Crippen LogP contribution is 2.29. The Labute approximate surface area is 159 Å². The molecule has 0 radical (unpaired) electrons. The van der Waals surface area contributed by atoms with Crippen LogP contribution >= 0.6 is 0 Å². The SMILES string of the molecule is Cn1cc(/C=C/C(=O)N[C@H](CC(C)(C)C)c2ccccc2)c(=O)n(C)c1=O. The zero-order valence-corrected chi connectivity index (χ0v) is 16.5. The van der Waals surface area contributed by atoms with Gasteiger partial charge in [0.1, 0.15) is 0 Å². The second-order valence-electron chi connectivity index (χ2n) is 7.91. The van der Waals surface area contributed by atoms with Crippen LogP contribution in [0.1, 0.15) is 44.4 Å². The predicted molar refractivity (Wildman–Crippen MR) is 107 cm³/mol. The van der Waals surface area contributed by atoms with Crippen molar-refractivity contribution in [1.29, 1.82) is 0 Å². The molecule has 0 aliphatic heterocycles. The molecule has 0 fully saturated rings. The van der Waals surface area contributed by atoms with Crippen LogP contribution in [0.3, 0.4) is 0 Å². The van der Waals surface area contributed by atoms with Gasteiger partial charge in [0.15, 0.2) is 0 Å². The molecule has 0 aliphatic carbocycles. The minimum atomic E-state index is -0.434. The van der Waals surface area contributed by atoms with E-state index in [1.165, 1.54) is 30.0 Å². The van der Waals surface area contributed by atoms with Crippen LogP contribution < -0.4 is 16.6 Å². The van der Waals surface area contributed by atoms with Gasteiger partial charge in [-0.1, -0.05) is 51.1 Å². The number of amides is 1. The summed E-state index contributed by atoms with van der Waals surface area (Å²) < 4.78 is 2.33. The van der Waals surface area contributed by atoms with Gasteiger partial charge in [-0.25, -0.2) is 4.79 Å². The Kier molecular flexibility index (Phi) is 6.20. The van der Waals surface area contributed by atoms with Crippen LogP contribution in [-0.2, 0) is 18.9 Å². The Morgan fingerprint density at radius 3 is 2.37 bits per heavy atom. The van der Waals surface area contributed by atoms with E-state index >= 15 is 0 Å². The minimum absolute atomic E-state index is 0.0329. The predicted octanol–water partition coefficient (Wildman–Crippen LogP) is 2.39. The van der Waals surface area contributed by atoms with Crippen LogP contribution in [0.5, 0.6) is 0 Å². The lowest BCUT2D eigenvalue weighted by atomic mass is 9.85. The molecule has 0 unspecified atom stereocenters. The van der Waals surface area contributed by atoms with Gasteiger partial charge in [-0.3, -0.25) is 14.2 Å². The molecule has 1 heterocycles. The summed E-state index contributed by atoms with van der Waals surface area (Å²) in [6.45, 7) is 6.37. The van der Waals surface area contributed by atoms with E-state index in [-0.39, 0.29) is 22.9 Å². The molecular weight excluding hydrogens is 342 g/mol. The Hall–Kier alpha value is -2.89. The van der Waals surface area contributed by atoms with Gasteiger partial charge in [0.05, 0.1) is 11.6 Å². The first-order valence-corrected chi connectivity index (χ1v) is 8.89. The van der Waals surface area contributed by atoms with Gasteiger partial charge in [0.25, 0.3) is 5.56 Å². The highest BCUT2D eigenvalue weighted by Gasteiger charge is 2.21.